The van der Waals surface area contributed by atoms with Crippen LogP contribution in [-0.4, -0.2) is 82.5 Å². The fourth-order valence-electron chi connectivity index (χ4n) is 2.38. The maximum Gasteiger partial charge on any atom is 0.281 e. The average Bonchev–Trinajstić information content (AvgIpc) is 2.56. The Morgan fingerprint density at radius 3 is 2.13 bits per heavy atom. The van der Waals surface area contributed by atoms with E-state index < -0.39 is 10.2 Å². The molecule has 0 atom stereocenters. The Morgan fingerprint density at radius 2 is 1.61 bits per heavy atom. The van der Waals surface area contributed by atoms with Crippen LogP contribution in [0, 0.1) is 0 Å². The molecule has 1 saturated heterocycles. The maximum atomic E-state index is 12.0. The summed E-state index contributed by atoms with van der Waals surface area (Å²) >= 11 is 0. The molecule has 1 fully saturated rings. The first-order valence-electron chi connectivity index (χ1n) is 7.60. The van der Waals surface area contributed by atoms with Gasteiger partial charge in [-0.05, 0) is 24.3 Å². The van der Waals surface area contributed by atoms with Crippen molar-refractivity contribution in [3.05, 3.63) is 24.3 Å². The molecule has 0 spiro atoms. The third-order valence-corrected chi connectivity index (χ3v) is 5.80. The van der Waals surface area contributed by atoms with Crippen LogP contribution >= 0.6 is 0 Å². The molecule has 2 rings (SSSR count). The molecule has 130 valence electrons. The lowest BCUT2D eigenvalue weighted by Gasteiger charge is -2.34. The number of piperazine rings is 1. The van der Waals surface area contributed by atoms with Crippen molar-refractivity contribution in [1.29, 1.82) is 0 Å². The third-order valence-electron chi connectivity index (χ3n) is 3.85. The Morgan fingerprint density at radius 1 is 1.04 bits per heavy atom. The highest BCUT2D eigenvalue weighted by Crippen LogP contribution is 2.17. The highest BCUT2D eigenvalue weighted by Gasteiger charge is 2.28. The Hall–Kier alpha value is -1.35. The molecule has 8 heteroatoms. The van der Waals surface area contributed by atoms with Gasteiger partial charge >= 0.3 is 0 Å². The van der Waals surface area contributed by atoms with E-state index in [2.05, 4.69) is 4.90 Å². The van der Waals surface area contributed by atoms with Gasteiger partial charge < -0.3 is 9.47 Å². The second-order valence-electron chi connectivity index (χ2n) is 5.55. The molecular formula is C15H25N3O4S. The second kappa shape index (κ2) is 7.96. The molecule has 23 heavy (non-hydrogen) atoms. The first-order valence-corrected chi connectivity index (χ1v) is 9.00. The molecule has 1 heterocycles. The zero-order valence-corrected chi connectivity index (χ0v) is 14.8. The molecule has 1 aromatic rings. The summed E-state index contributed by atoms with van der Waals surface area (Å²) in [6.45, 7) is 3.83. The van der Waals surface area contributed by atoms with E-state index >= 15 is 0 Å². The standard InChI is InChI=1S/C15H25N3O4S/c1-16(2)23(19,20)18-10-8-17(9-11-18)12-13-22-15-6-4-14(21-3)5-7-15/h4-7H,8-13H2,1-3H3. The number of ether oxygens (including phenoxy) is 2. The summed E-state index contributed by atoms with van der Waals surface area (Å²) in [6.07, 6.45) is 0. The smallest absolute Gasteiger partial charge is 0.281 e. The lowest BCUT2D eigenvalue weighted by molar-refractivity contribution is 0.156. The Balaban J connectivity index is 1.72. The van der Waals surface area contributed by atoms with Gasteiger partial charge in [0.15, 0.2) is 0 Å². The van der Waals surface area contributed by atoms with Crippen molar-refractivity contribution in [3.63, 3.8) is 0 Å². The Bertz CT molecular complexity index is 581. The number of methoxy groups -OCH3 is 1. The van der Waals surface area contributed by atoms with Crippen molar-refractivity contribution in [3.8, 4) is 11.5 Å². The molecule has 0 aliphatic carbocycles. The van der Waals surface area contributed by atoms with Crippen LogP contribution in [-0.2, 0) is 10.2 Å². The van der Waals surface area contributed by atoms with Crippen LogP contribution in [0.5, 0.6) is 11.5 Å². The van der Waals surface area contributed by atoms with Crippen molar-refractivity contribution < 1.29 is 17.9 Å². The van der Waals surface area contributed by atoms with E-state index in [4.69, 9.17) is 9.47 Å². The number of nitrogens with zero attached hydrogens (tertiary/aromatic N) is 3. The van der Waals surface area contributed by atoms with E-state index in [0.29, 0.717) is 19.7 Å². The predicted octanol–water partition coefficient (Wildman–Crippen LogP) is 0.498. The quantitative estimate of drug-likeness (QED) is 0.721. The van der Waals surface area contributed by atoms with Gasteiger partial charge in [0.1, 0.15) is 18.1 Å². The minimum atomic E-state index is -3.30. The molecule has 1 aromatic carbocycles. The van der Waals surface area contributed by atoms with E-state index in [0.717, 1.165) is 31.1 Å². The van der Waals surface area contributed by atoms with Crippen molar-refractivity contribution in [2.75, 3.05) is 60.5 Å². The SMILES string of the molecule is COc1ccc(OCCN2CCN(S(=O)(=O)N(C)C)CC2)cc1. The third kappa shape index (κ3) is 4.81. The van der Waals surface area contributed by atoms with E-state index in [1.807, 2.05) is 24.3 Å². The fraction of sp³-hybridized carbons (Fsp3) is 0.600. The van der Waals surface area contributed by atoms with Crippen molar-refractivity contribution >= 4 is 10.2 Å². The van der Waals surface area contributed by atoms with Gasteiger partial charge in [0.2, 0.25) is 0 Å². The van der Waals surface area contributed by atoms with Crippen LogP contribution in [0.4, 0.5) is 0 Å². The summed E-state index contributed by atoms with van der Waals surface area (Å²) < 4.78 is 37.7. The van der Waals surface area contributed by atoms with Crippen LogP contribution in [0.15, 0.2) is 24.3 Å². The normalized spacial score (nSPS) is 17.4. The number of hydrogen-bond acceptors (Lipinski definition) is 5. The van der Waals surface area contributed by atoms with Gasteiger partial charge in [-0.2, -0.15) is 17.0 Å². The summed E-state index contributed by atoms with van der Waals surface area (Å²) in [4.78, 5) is 2.21. The molecular weight excluding hydrogens is 318 g/mol. The molecule has 0 N–H and O–H groups in total. The fourth-order valence-corrected chi connectivity index (χ4v) is 3.47. The molecule has 1 aliphatic heterocycles. The molecule has 7 nitrogen and oxygen atoms in total. The van der Waals surface area contributed by atoms with Gasteiger partial charge in [0.05, 0.1) is 7.11 Å². The summed E-state index contributed by atoms with van der Waals surface area (Å²) in [6, 6.07) is 7.47. The van der Waals surface area contributed by atoms with Gasteiger partial charge in [-0.3, -0.25) is 4.90 Å². The van der Waals surface area contributed by atoms with Crippen molar-refractivity contribution in [2.45, 2.75) is 0 Å². The van der Waals surface area contributed by atoms with Gasteiger partial charge in [-0.25, -0.2) is 0 Å². The van der Waals surface area contributed by atoms with Crippen LogP contribution < -0.4 is 9.47 Å². The minimum Gasteiger partial charge on any atom is -0.497 e. The zero-order valence-electron chi connectivity index (χ0n) is 13.9. The van der Waals surface area contributed by atoms with Crippen LogP contribution in [0.3, 0.4) is 0 Å². The van der Waals surface area contributed by atoms with Crippen LogP contribution in [0.1, 0.15) is 0 Å². The van der Waals surface area contributed by atoms with Gasteiger partial charge in [-0.1, -0.05) is 0 Å². The summed E-state index contributed by atoms with van der Waals surface area (Å²) in [5, 5.41) is 0. The van der Waals surface area contributed by atoms with Crippen LogP contribution in [0.25, 0.3) is 0 Å². The van der Waals surface area contributed by atoms with Crippen molar-refractivity contribution in [1.82, 2.24) is 13.5 Å². The second-order valence-corrected chi connectivity index (χ2v) is 7.70. The molecule has 0 unspecified atom stereocenters. The monoisotopic (exact) mass is 343 g/mol. The summed E-state index contributed by atoms with van der Waals surface area (Å²) in [7, 11) is 1.45. The van der Waals surface area contributed by atoms with Gasteiger partial charge in [0, 0.05) is 46.8 Å². The van der Waals surface area contributed by atoms with E-state index in [9.17, 15) is 8.42 Å². The highest BCUT2D eigenvalue weighted by atomic mass is 32.2. The lowest BCUT2D eigenvalue weighted by atomic mass is 10.3. The number of rotatable bonds is 7. The maximum absolute atomic E-state index is 12.0. The topological polar surface area (TPSA) is 62.3 Å². The first-order chi connectivity index (χ1) is 10.9. The highest BCUT2D eigenvalue weighted by molar-refractivity contribution is 7.86. The molecule has 0 aromatic heterocycles. The largest absolute Gasteiger partial charge is 0.497 e. The number of hydrogen-bond donors (Lipinski definition) is 0. The van der Waals surface area contributed by atoms with E-state index in [-0.39, 0.29) is 0 Å². The van der Waals surface area contributed by atoms with E-state index in [1.54, 1.807) is 21.2 Å². The lowest BCUT2D eigenvalue weighted by Crippen LogP contribution is -2.52. The predicted molar refractivity (Wildman–Crippen MR) is 89.1 cm³/mol. The zero-order chi connectivity index (χ0) is 16.9. The van der Waals surface area contributed by atoms with Crippen molar-refractivity contribution in [2.24, 2.45) is 0 Å². The molecule has 0 amide bonds. The molecule has 0 bridgehead atoms. The summed E-state index contributed by atoms with van der Waals surface area (Å²) in [5.41, 5.74) is 0. The van der Waals surface area contributed by atoms with Gasteiger partial charge in [0.25, 0.3) is 10.2 Å². The average molecular weight is 343 g/mol. The molecule has 0 saturated carbocycles. The summed E-state index contributed by atoms with van der Waals surface area (Å²) in [5.74, 6) is 1.61. The van der Waals surface area contributed by atoms with Gasteiger partial charge in [-0.15, -0.1) is 0 Å². The Labute approximate surface area is 138 Å². The van der Waals surface area contributed by atoms with Crippen LogP contribution in [0.2, 0.25) is 0 Å². The molecule has 1 aliphatic rings. The molecule has 0 radical (unpaired) electrons. The first kappa shape index (κ1) is 18.0. The Kier molecular flexibility index (Phi) is 6.23. The van der Waals surface area contributed by atoms with E-state index in [1.165, 1.54) is 8.61 Å². The number of benzene rings is 1. The minimum absolute atomic E-state index is 0.517.